The number of methoxy groups -OCH3 is 1. The van der Waals surface area contributed by atoms with Crippen molar-refractivity contribution in [1.82, 2.24) is 0 Å². The summed E-state index contributed by atoms with van der Waals surface area (Å²) in [4.78, 5) is 1.86. The van der Waals surface area contributed by atoms with Gasteiger partial charge in [-0.05, 0) is 29.3 Å². The average Bonchev–Trinajstić information content (AvgIpc) is 2.72. The minimum Gasteiger partial charge on any atom is -0.497 e. The van der Waals surface area contributed by atoms with Gasteiger partial charge in [-0.2, -0.15) is 0 Å². The number of halogens is 2. The van der Waals surface area contributed by atoms with Crippen LogP contribution in [-0.2, 0) is 0 Å². The van der Waals surface area contributed by atoms with Crippen LogP contribution in [0.2, 0.25) is 0 Å². The molecule has 0 atom stereocenters. The lowest BCUT2D eigenvalue weighted by molar-refractivity contribution is 0.415. The van der Waals surface area contributed by atoms with E-state index in [1.165, 1.54) is 0 Å². The van der Waals surface area contributed by atoms with Crippen molar-refractivity contribution >= 4 is 48.4 Å². The van der Waals surface area contributed by atoms with E-state index in [1.807, 2.05) is 29.3 Å². The summed E-state index contributed by atoms with van der Waals surface area (Å²) in [5, 5.41) is 1.79. The molecule has 2 nitrogen and oxygen atoms in total. The van der Waals surface area contributed by atoms with Crippen molar-refractivity contribution in [1.29, 1.82) is 0 Å². The molecule has 0 saturated heterocycles. The molecule has 1 aromatic heterocycles. The largest absolute Gasteiger partial charge is 0.497 e. The summed E-state index contributed by atoms with van der Waals surface area (Å²) in [5.74, 6) is 1.69. The Morgan fingerprint density at radius 2 is 2.25 bits per heavy atom. The molecule has 0 unspecified atom stereocenters. The molecule has 2 rings (SSSR count). The number of allylic oxidation sites excluding steroid dienone is 1. The fourth-order valence-corrected chi connectivity index (χ4v) is 2.72. The van der Waals surface area contributed by atoms with Gasteiger partial charge < -0.3 is 9.15 Å². The Bertz CT molecular complexity index is 529. The lowest BCUT2D eigenvalue weighted by Crippen LogP contribution is -1.80. The van der Waals surface area contributed by atoms with E-state index in [0.29, 0.717) is 0 Å². The number of hydrogen-bond acceptors (Lipinski definition) is 2. The number of fused-ring (bicyclic) bond motifs is 1. The van der Waals surface area contributed by atoms with Gasteiger partial charge >= 0.3 is 0 Å². The Morgan fingerprint density at radius 1 is 1.44 bits per heavy atom. The quantitative estimate of drug-likeness (QED) is 0.760. The highest BCUT2D eigenvalue weighted by molar-refractivity contribution is 9.11. The molecule has 2 aromatic rings. The van der Waals surface area contributed by atoms with Crippen molar-refractivity contribution in [3.63, 3.8) is 0 Å². The molecule has 0 saturated carbocycles. The molecule has 0 aliphatic heterocycles. The van der Waals surface area contributed by atoms with Gasteiger partial charge in [0.15, 0.2) is 0 Å². The first-order chi connectivity index (χ1) is 7.78. The van der Waals surface area contributed by atoms with E-state index < -0.39 is 0 Å². The van der Waals surface area contributed by atoms with Gasteiger partial charge in [-0.25, -0.2) is 0 Å². The third-order valence-electron chi connectivity index (χ3n) is 2.32. The Balaban J connectivity index is 2.51. The van der Waals surface area contributed by atoms with E-state index >= 15 is 0 Å². The molecule has 0 N–H and O–H groups in total. The first-order valence-electron chi connectivity index (χ1n) is 4.71. The van der Waals surface area contributed by atoms with Crippen LogP contribution in [0.3, 0.4) is 0 Å². The molecule has 1 aromatic carbocycles. The van der Waals surface area contributed by atoms with E-state index in [4.69, 9.17) is 9.15 Å². The van der Waals surface area contributed by atoms with Crippen LogP contribution in [0.15, 0.2) is 33.7 Å². The number of rotatable bonds is 3. The molecule has 4 heteroatoms. The predicted molar refractivity (Wildman–Crippen MR) is 73.5 cm³/mol. The summed E-state index contributed by atoms with van der Waals surface area (Å²) in [6.45, 7) is 0. The maximum Gasteiger partial charge on any atom is 0.135 e. The molecule has 0 amide bonds. The molecule has 1 heterocycles. The van der Waals surface area contributed by atoms with Gasteiger partial charge in [0.1, 0.15) is 17.1 Å². The minimum absolute atomic E-state index is 0.745. The molecular formula is C12H10Br2O2. The summed E-state index contributed by atoms with van der Waals surface area (Å²) in [7, 11) is 1.66. The molecule has 0 bridgehead atoms. The summed E-state index contributed by atoms with van der Waals surface area (Å²) >= 11 is 6.74. The second-order valence-corrected chi connectivity index (χ2v) is 4.30. The molecule has 84 valence electrons. The molecular weight excluding hydrogens is 336 g/mol. The zero-order valence-corrected chi connectivity index (χ0v) is 11.8. The van der Waals surface area contributed by atoms with Crippen molar-refractivity contribution < 1.29 is 9.15 Å². The van der Waals surface area contributed by atoms with Crippen molar-refractivity contribution in [2.24, 2.45) is 0 Å². The van der Waals surface area contributed by atoms with Gasteiger partial charge in [0.05, 0.1) is 7.11 Å². The standard InChI is InChI=1S/C12H10Br2O2/c1-15-10-2-3-11-8(4-10)5-12(16-11)9(6-13)7-14/h2-6H,7H2,1H3/b9-6+. The maximum absolute atomic E-state index is 5.73. The van der Waals surface area contributed by atoms with Gasteiger partial charge in [-0.1, -0.05) is 31.9 Å². The van der Waals surface area contributed by atoms with Crippen LogP contribution in [0.4, 0.5) is 0 Å². The Kier molecular flexibility index (Phi) is 3.71. The molecule has 0 spiro atoms. The predicted octanol–water partition coefficient (Wildman–Crippen LogP) is 4.57. The second-order valence-electron chi connectivity index (χ2n) is 3.28. The van der Waals surface area contributed by atoms with E-state index in [9.17, 15) is 0 Å². The van der Waals surface area contributed by atoms with Crippen LogP contribution < -0.4 is 4.74 Å². The molecule has 16 heavy (non-hydrogen) atoms. The normalized spacial score (nSPS) is 12.1. The summed E-state index contributed by atoms with van der Waals surface area (Å²) in [6, 6.07) is 7.77. The highest BCUT2D eigenvalue weighted by Crippen LogP contribution is 2.28. The van der Waals surface area contributed by atoms with Crippen molar-refractivity contribution in [2.75, 3.05) is 12.4 Å². The van der Waals surface area contributed by atoms with Gasteiger partial charge in [-0.15, -0.1) is 0 Å². The van der Waals surface area contributed by atoms with E-state index in [0.717, 1.165) is 33.4 Å². The van der Waals surface area contributed by atoms with E-state index in [-0.39, 0.29) is 0 Å². The fourth-order valence-electron chi connectivity index (χ4n) is 1.46. The molecule has 0 radical (unpaired) electrons. The van der Waals surface area contributed by atoms with Gasteiger partial charge in [-0.3, -0.25) is 0 Å². The highest BCUT2D eigenvalue weighted by Gasteiger charge is 2.08. The van der Waals surface area contributed by atoms with Gasteiger partial charge in [0.2, 0.25) is 0 Å². The lowest BCUT2D eigenvalue weighted by atomic mass is 10.2. The topological polar surface area (TPSA) is 22.4 Å². The van der Waals surface area contributed by atoms with Crippen molar-refractivity contribution in [3.8, 4) is 5.75 Å². The van der Waals surface area contributed by atoms with Crippen LogP contribution in [0.1, 0.15) is 5.76 Å². The smallest absolute Gasteiger partial charge is 0.135 e. The molecule has 0 aliphatic rings. The van der Waals surface area contributed by atoms with Crippen LogP contribution >= 0.6 is 31.9 Å². The second kappa shape index (κ2) is 5.06. The Labute approximate surface area is 111 Å². The van der Waals surface area contributed by atoms with E-state index in [1.54, 1.807) is 7.11 Å². The number of benzene rings is 1. The zero-order chi connectivity index (χ0) is 11.5. The first kappa shape index (κ1) is 11.7. The summed E-state index contributed by atoms with van der Waals surface area (Å²) in [6.07, 6.45) is 0. The third-order valence-corrected chi connectivity index (χ3v) is 3.47. The summed E-state index contributed by atoms with van der Waals surface area (Å²) in [5.41, 5.74) is 1.93. The first-order valence-corrected chi connectivity index (χ1v) is 6.75. The third kappa shape index (κ3) is 2.18. The van der Waals surface area contributed by atoms with Crippen LogP contribution in [0, 0.1) is 0 Å². The van der Waals surface area contributed by atoms with Crippen LogP contribution in [0.25, 0.3) is 16.5 Å². The number of furan rings is 1. The maximum atomic E-state index is 5.73. The number of hydrogen-bond donors (Lipinski definition) is 0. The SMILES string of the molecule is COc1ccc2oc(/C(=C/Br)CBr)cc2c1. The molecule has 0 fully saturated rings. The number of ether oxygens (including phenoxy) is 1. The zero-order valence-electron chi connectivity index (χ0n) is 8.67. The van der Waals surface area contributed by atoms with Crippen LogP contribution in [-0.4, -0.2) is 12.4 Å². The fraction of sp³-hybridized carbons (Fsp3) is 0.167. The van der Waals surface area contributed by atoms with Crippen LogP contribution in [0.5, 0.6) is 5.75 Å². The molecule has 0 aliphatic carbocycles. The Morgan fingerprint density at radius 3 is 2.88 bits per heavy atom. The Hall–Kier alpha value is -0.740. The van der Waals surface area contributed by atoms with Gasteiger partial charge in [0, 0.05) is 16.3 Å². The number of alkyl halides is 1. The van der Waals surface area contributed by atoms with Gasteiger partial charge in [0.25, 0.3) is 0 Å². The van der Waals surface area contributed by atoms with E-state index in [2.05, 4.69) is 31.9 Å². The van der Waals surface area contributed by atoms with Crippen molar-refractivity contribution in [2.45, 2.75) is 0 Å². The van der Waals surface area contributed by atoms with Crippen molar-refractivity contribution in [3.05, 3.63) is 35.0 Å². The average molecular weight is 346 g/mol. The highest BCUT2D eigenvalue weighted by atomic mass is 79.9. The lowest BCUT2D eigenvalue weighted by Gasteiger charge is -1.96. The monoisotopic (exact) mass is 344 g/mol. The minimum atomic E-state index is 0.745. The summed E-state index contributed by atoms with van der Waals surface area (Å²) < 4.78 is 10.9.